The third-order valence-corrected chi connectivity index (χ3v) is 2.90. The largest absolute Gasteiger partial charge is 0.395 e. The summed E-state index contributed by atoms with van der Waals surface area (Å²) in [4.78, 5) is 12.6. The fraction of sp³-hybridized carbons (Fsp3) is 0.692. The summed E-state index contributed by atoms with van der Waals surface area (Å²) in [6.07, 6.45) is 2.72. The average molecular weight is 252 g/mol. The molecule has 5 heteroatoms. The van der Waals surface area contributed by atoms with Crippen molar-refractivity contribution in [1.29, 1.82) is 0 Å². The second-order valence-corrected chi connectivity index (χ2v) is 4.98. The van der Waals surface area contributed by atoms with Crippen molar-refractivity contribution in [3.05, 3.63) is 12.4 Å². The maximum absolute atomic E-state index is 8.93. The Bertz CT molecular complexity index is 357. The molecular weight excluding hydrogens is 228 g/mol. The lowest BCUT2D eigenvalue weighted by Gasteiger charge is -2.22. The predicted molar refractivity (Wildman–Crippen MR) is 75.1 cm³/mol. The van der Waals surface area contributed by atoms with Crippen LogP contribution in [0.25, 0.3) is 0 Å². The summed E-state index contributed by atoms with van der Waals surface area (Å²) in [6.45, 7) is 6.12. The molecule has 0 unspecified atom stereocenters. The van der Waals surface area contributed by atoms with E-state index in [1.54, 1.807) is 6.33 Å². The number of anilines is 2. The fourth-order valence-electron chi connectivity index (χ4n) is 1.59. The molecule has 1 rings (SSSR count). The first-order valence-corrected chi connectivity index (χ1v) is 6.39. The van der Waals surface area contributed by atoms with Crippen LogP contribution in [0.15, 0.2) is 12.4 Å². The highest BCUT2D eigenvalue weighted by molar-refractivity contribution is 5.49. The number of aromatic nitrogens is 2. The van der Waals surface area contributed by atoms with Crippen LogP contribution in [0.4, 0.5) is 11.6 Å². The number of rotatable bonds is 7. The van der Waals surface area contributed by atoms with E-state index in [-0.39, 0.29) is 6.61 Å². The molecule has 0 radical (unpaired) electrons. The number of nitrogens with zero attached hydrogens (tertiary/aromatic N) is 4. The van der Waals surface area contributed by atoms with Crippen molar-refractivity contribution in [2.45, 2.75) is 20.3 Å². The van der Waals surface area contributed by atoms with Crippen molar-refractivity contribution >= 4 is 11.6 Å². The highest BCUT2D eigenvalue weighted by atomic mass is 16.3. The van der Waals surface area contributed by atoms with Gasteiger partial charge in [0.25, 0.3) is 0 Å². The van der Waals surface area contributed by atoms with Gasteiger partial charge in [-0.25, -0.2) is 9.97 Å². The van der Waals surface area contributed by atoms with E-state index in [4.69, 9.17) is 5.11 Å². The van der Waals surface area contributed by atoms with Gasteiger partial charge < -0.3 is 14.9 Å². The van der Waals surface area contributed by atoms with Crippen molar-refractivity contribution in [1.82, 2.24) is 9.97 Å². The first-order chi connectivity index (χ1) is 8.54. The molecule has 1 aromatic rings. The summed E-state index contributed by atoms with van der Waals surface area (Å²) in [7, 11) is 3.96. The first kappa shape index (κ1) is 14.7. The van der Waals surface area contributed by atoms with E-state index < -0.39 is 0 Å². The van der Waals surface area contributed by atoms with Crippen molar-refractivity contribution in [2.24, 2.45) is 5.92 Å². The van der Waals surface area contributed by atoms with Crippen LogP contribution in [-0.2, 0) is 0 Å². The number of hydrogen-bond donors (Lipinski definition) is 1. The lowest BCUT2D eigenvalue weighted by atomic mass is 10.1. The molecule has 0 bridgehead atoms. The smallest absolute Gasteiger partial charge is 0.133 e. The maximum atomic E-state index is 8.93. The van der Waals surface area contributed by atoms with Crippen molar-refractivity contribution in [3.8, 4) is 0 Å². The van der Waals surface area contributed by atoms with Crippen LogP contribution in [0.1, 0.15) is 20.3 Å². The molecule has 1 heterocycles. The topological polar surface area (TPSA) is 52.5 Å². The van der Waals surface area contributed by atoms with Crippen molar-refractivity contribution in [3.63, 3.8) is 0 Å². The predicted octanol–water partition coefficient (Wildman–Crippen LogP) is 1.39. The van der Waals surface area contributed by atoms with Gasteiger partial charge in [0.05, 0.1) is 6.61 Å². The summed E-state index contributed by atoms with van der Waals surface area (Å²) < 4.78 is 0. The minimum absolute atomic E-state index is 0.124. The zero-order chi connectivity index (χ0) is 13.5. The van der Waals surface area contributed by atoms with E-state index >= 15 is 0 Å². The summed E-state index contributed by atoms with van der Waals surface area (Å²) in [5, 5.41) is 8.93. The highest BCUT2D eigenvalue weighted by Crippen LogP contribution is 2.16. The lowest BCUT2D eigenvalue weighted by molar-refractivity contribution is 0.304. The van der Waals surface area contributed by atoms with E-state index in [0.29, 0.717) is 12.5 Å². The molecule has 0 aliphatic carbocycles. The van der Waals surface area contributed by atoms with E-state index in [1.807, 2.05) is 25.1 Å². The van der Waals surface area contributed by atoms with Gasteiger partial charge in [0.15, 0.2) is 0 Å². The van der Waals surface area contributed by atoms with Gasteiger partial charge in [-0.1, -0.05) is 13.8 Å². The van der Waals surface area contributed by atoms with E-state index in [1.165, 1.54) is 0 Å². The molecule has 102 valence electrons. The van der Waals surface area contributed by atoms with Gasteiger partial charge in [0.1, 0.15) is 18.0 Å². The van der Waals surface area contributed by atoms with Crippen molar-refractivity contribution in [2.75, 3.05) is 43.6 Å². The van der Waals surface area contributed by atoms with Gasteiger partial charge in [-0.15, -0.1) is 0 Å². The molecule has 1 aromatic heterocycles. The molecule has 0 atom stereocenters. The molecular formula is C13H24N4O. The van der Waals surface area contributed by atoms with E-state index in [9.17, 15) is 0 Å². The van der Waals surface area contributed by atoms with Gasteiger partial charge >= 0.3 is 0 Å². The SMILES string of the molecule is CC(C)CCN(C)c1cc(N(C)CCO)ncn1. The zero-order valence-corrected chi connectivity index (χ0v) is 11.8. The maximum Gasteiger partial charge on any atom is 0.133 e. The normalized spacial score (nSPS) is 10.8. The Kier molecular flexibility index (Phi) is 5.85. The Hall–Kier alpha value is -1.36. The Labute approximate surface area is 109 Å². The minimum Gasteiger partial charge on any atom is -0.395 e. The average Bonchev–Trinajstić information content (AvgIpc) is 2.36. The first-order valence-electron chi connectivity index (χ1n) is 6.39. The number of likely N-dealkylation sites (N-methyl/N-ethyl adjacent to an activating group) is 1. The highest BCUT2D eigenvalue weighted by Gasteiger charge is 2.07. The van der Waals surface area contributed by atoms with Gasteiger partial charge in [0.2, 0.25) is 0 Å². The van der Waals surface area contributed by atoms with Crippen LogP contribution in [0.5, 0.6) is 0 Å². The Morgan fingerprint density at radius 1 is 1.11 bits per heavy atom. The molecule has 0 saturated carbocycles. The monoisotopic (exact) mass is 252 g/mol. The fourth-order valence-corrected chi connectivity index (χ4v) is 1.59. The van der Waals surface area contributed by atoms with Crippen molar-refractivity contribution < 1.29 is 5.11 Å². The second-order valence-electron chi connectivity index (χ2n) is 4.98. The van der Waals surface area contributed by atoms with Gasteiger partial charge in [-0.2, -0.15) is 0 Å². The lowest BCUT2D eigenvalue weighted by Crippen LogP contribution is -2.24. The quantitative estimate of drug-likeness (QED) is 0.794. The summed E-state index contributed by atoms with van der Waals surface area (Å²) >= 11 is 0. The van der Waals surface area contributed by atoms with Gasteiger partial charge in [-0.3, -0.25) is 0 Å². The van der Waals surface area contributed by atoms with Crippen LogP contribution in [0.3, 0.4) is 0 Å². The third-order valence-electron chi connectivity index (χ3n) is 2.90. The summed E-state index contributed by atoms with van der Waals surface area (Å²) in [5.74, 6) is 2.45. The molecule has 0 spiro atoms. The second kappa shape index (κ2) is 7.16. The standard InChI is InChI=1S/C13H24N4O/c1-11(2)5-6-16(3)12-9-13(15-10-14-12)17(4)7-8-18/h9-11,18H,5-8H2,1-4H3. The van der Waals surface area contributed by atoms with Gasteiger partial charge in [0, 0.05) is 33.3 Å². The summed E-state index contributed by atoms with van der Waals surface area (Å²) in [6, 6.07) is 1.95. The van der Waals surface area contributed by atoms with Crippen LogP contribution >= 0.6 is 0 Å². The molecule has 0 saturated heterocycles. The molecule has 18 heavy (non-hydrogen) atoms. The van der Waals surface area contributed by atoms with Gasteiger partial charge in [-0.05, 0) is 12.3 Å². The van der Waals surface area contributed by atoms with Crippen LogP contribution in [0.2, 0.25) is 0 Å². The Morgan fingerprint density at radius 3 is 2.17 bits per heavy atom. The van der Waals surface area contributed by atoms with Crippen LogP contribution in [0, 0.1) is 5.92 Å². The molecule has 0 fully saturated rings. The summed E-state index contributed by atoms with van der Waals surface area (Å²) in [5.41, 5.74) is 0. The number of hydrogen-bond acceptors (Lipinski definition) is 5. The van der Waals surface area contributed by atoms with E-state index in [0.717, 1.165) is 24.6 Å². The minimum atomic E-state index is 0.124. The number of aliphatic hydroxyl groups excluding tert-OH is 1. The number of aliphatic hydroxyl groups is 1. The van der Waals surface area contributed by atoms with Crippen LogP contribution in [-0.4, -0.2) is 48.9 Å². The van der Waals surface area contributed by atoms with Crippen LogP contribution < -0.4 is 9.80 Å². The Balaban J connectivity index is 2.68. The molecule has 0 aromatic carbocycles. The molecule has 5 nitrogen and oxygen atoms in total. The molecule has 0 amide bonds. The molecule has 1 N–H and O–H groups in total. The van der Waals surface area contributed by atoms with E-state index in [2.05, 4.69) is 28.7 Å². The Morgan fingerprint density at radius 2 is 1.67 bits per heavy atom. The molecule has 0 aliphatic rings. The third kappa shape index (κ3) is 4.49. The zero-order valence-electron chi connectivity index (χ0n) is 11.8. The molecule has 0 aliphatic heterocycles.